The Labute approximate surface area is 117 Å². The average Bonchev–Trinajstić information content (AvgIpc) is 2.48. The molecule has 0 bridgehead atoms. The second kappa shape index (κ2) is 5.67. The Morgan fingerprint density at radius 2 is 1.85 bits per heavy atom. The zero-order valence-corrected chi connectivity index (χ0v) is 11.1. The van der Waals surface area contributed by atoms with E-state index >= 15 is 0 Å². The maximum Gasteiger partial charge on any atom is 0.134 e. The van der Waals surface area contributed by atoms with Crippen molar-refractivity contribution in [3.63, 3.8) is 0 Å². The van der Waals surface area contributed by atoms with Crippen molar-refractivity contribution in [1.82, 2.24) is 9.97 Å². The van der Waals surface area contributed by atoms with Crippen LogP contribution in [0.25, 0.3) is 10.8 Å². The van der Waals surface area contributed by atoms with E-state index < -0.39 is 0 Å². The van der Waals surface area contributed by atoms with E-state index in [0.29, 0.717) is 13.0 Å². The quantitative estimate of drug-likeness (QED) is 0.760. The molecule has 0 radical (unpaired) electrons. The molecule has 0 aliphatic carbocycles. The predicted molar refractivity (Wildman–Crippen MR) is 82.0 cm³/mol. The lowest BCUT2D eigenvalue weighted by Crippen LogP contribution is -2.07. The summed E-state index contributed by atoms with van der Waals surface area (Å²) in [5, 5.41) is 5.73. The van der Waals surface area contributed by atoms with Crippen molar-refractivity contribution >= 4 is 22.3 Å². The van der Waals surface area contributed by atoms with E-state index in [9.17, 15) is 0 Å². The second-order valence-corrected chi connectivity index (χ2v) is 4.55. The van der Waals surface area contributed by atoms with Gasteiger partial charge in [-0.05, 0) is 24.1 Å². The monoisotopic (exact) mass is 264 g/mol. The summed E-state index contributed by atoms with van der Waals surface area (Å²) >= 11 is 0. The van der Waals surface area contributed by atoms with Crippen LogP contribution in [0.15, 0.2) is 54.7 Å². The van der Waals surface area contributed by atoms with Gasteiger partial charge in [-0.25, -0.2) is 9.97 Å². The number of fused-ring (bicyclic) bond motifs is 1. The molecule has 2 aromatic carbocycles. The van der Waals surface area contributed by atoms with Crippen LogP contribution in [-0.4, -0.2) is 16.5 Å². The maximum absolute atomic E-state index is 5.54. The molecule has 3 N–H and O–H groups in total. The van der Waals surface area contributed by atoms with Crippen molar-refractivity contribution in [3.8, 4) is 0 Å². The van der Waals surface area contributed by atoms with Crippen molar-refractivity contribution < 1.29 is 0 Å². The lowest BCUT2D eigenvalue weighted by molar-refractivity contribution is 0.870. The van der Waals surface area contributed by atoms with Gasteiger partial charge in [-0.1, -0.05) is 36.4 Å². The highest BCUT2D eigenvalue weighted by Gasteiger charge is 2.03. The minimum absolute atomic E-state index is 0.553. The molecule has 4 heteroatoms. The fourth-order valence-electron chi connectivity index (χ4n) is 2.19. The zero-order valence-electron chi connectivity index (χ0n) is 11.1. The zero-order chi connectivity index (χ0) is 13.8. The third kappa shape index (κ3) is 2.60. The first-order valence-electron chi connectivity index (χ1n) is 6.63. The summed E-state index contributed by atoms with van der Waals surface area (Å²) in [6.45, 7) is 0.553. The molecule has 0 fully saturated rings. The smallest absolute Gasteiger partial charge is 0.134 e. The number of nitrogens with two attached hydrogens (primary N) is 1. The van der Waals surface area contributed by atoms with Crippen LogP contribution in [0, 0.1) is 0 Å². The molecular formula is C16H16N4. The standard InChI is InChI=1S/C16H16N4/c17-10-8-15-18-11-9-16(20-15)19-14-7-3-5-12-4-1-2-6-13(12)14/h1-7,9,11H,8,10,17H2,(H,18,19,20). The number of nitrogens with zero attached hydrogens (tertiary/aromatic N) is 2. The van der Waals surface area contributed by atoms with Crippen LogP contribution in [0.5, 0.6) is 0 Å². The summed E-state index contributed by atoms with van der Waals surface area (Å²) in [5.74, 6) is 1.55. The third-order valence-electron chi connectivity index (χ3n) is 3.13. The first-order chi connectivity index (χ1) is 9.86. The molecule has 4 nitrogen and oxygen atoms in total. The first-order valence-corrected chi connectivity index (χ1v) is 6.63. The van der Waals surface area contributed by atoms with E-state index in [0.717, 1.165) is 17.3 Å². The van der Waals surface area contributed by atoms with E-state index in [1.165, 1.54) is 10.8 Å². The first kappa shape index (κ1) is 12.6. The molecule has 0 saturated carbocycles. The normalized spacial score (nSPS) is 10.7. The molecule has 0 saturated heterocycles. The summed E-state index contributed by atoms with van der Waals surface area (Å²) in [7, 11) is 0. The molecule has 1 heterocycles. The predicted octanol–water partition coefficient (Wildman–Crippen LogP) is 2.87. The Kier molecular flexibility index (Phi) is 3.56. The third-order valence-corrected chi connectivity index (χ3v) is 3.13. The fraction of sp³-hybridized carbons (Fsp3) is 0.125. The molecule has 1 aromatic heterocycles. The number of rotatable bonds is 4. The molecular weight excluding hydrogens is 248 g/mol. The molecule has 0 atom stereocenters. The van der Waals surface area contributed by atoms with Crippen molar-refractivity contribution in [3.05, 3.63) is 60.6 Å². The number of hydrogen-bond donors (Lipinski definition) is 2. The van der Waals surface area contributed by atoms with Gasteiger partial charge in [0.15, 0.2) is 0 Å². The molecule has 20 heavy (non-hydrogen) atoms. The second-order valence-electron chi connectivity index (χ2n) is 4.55. The van der Waals surface area contributed by atoms with Crippen LogP contribution in [0.3, 0.4) is 0 Å². The van der Waals surface area contributed by atoms with Gasteiger partial charge in [-0.3, -0.25) is 0 Å². The van der Waals surface area contributed by atoms with E-state index in [2.05, 4.69) is 33.5 Å². The maximum atomic E-state index is 5.54. The highest BCUT2D eigenvalue weighted by Crippen LogP contribution is 2.25. The van der Waals surface area contributed by atoms with E-state index in [-0.39, 0.29) is 0 Å². The number of hydrogen-bond acceptors (Lipinski definition) is 4. The van der Waals surface area contributed by atoms with Crippen molar-refractivity contribution in [2.24, 2.45) is 5.73 Å². The van der Waals surface area contributed by atoms with Crippen molar-refractivity contribution in [2.75, 3.05) is 11.9 Å². The van der Waals surface area contributed by atoms with Crippen LogP contribution in [-0.2, 0) is 6.42 Å². The summed E-state index contributed by atoms with van der Waals surface area (Å²) in [6.07, 6.45) is 2.44. The Balaban J connectivity index is 1.95. The van der Waals surface area contributed by atoms with Crippen LogP contribution in [0.1, 0.15) is 5.82 Å². The van der Waals surface area contributed by atoms with Crippen molar-refractivity contribution in [1.29, 1.82) is 0 Å². The summed E-state index contributed by atoms with van der Waals surface area (Å²) in [4.78, 5) is 8.66. The van der Waals surface area contributed by atoms with E-state index in [1.807, 2.05) is 30.3 Å². The SMILES string of the molecule is NCCc1nccc(Nc2cccc3ccccc23)n1. The highest BCUT2D eigenvalue weighted by molar-refractivity contribution is 5.95. The minimum Gasteiger partial charge on any atom is -0.340 e. The van der Waals surface area contributed by atoms with Crippen LogP contribution in [0.2, 0.25) is 0 Å². The van der Waals surface area contributed by atoms with Crippen LogP contribution in [0.4, 0.5) is 11.5 Å². The topological polar surface area (TPSA) is 63.8 Å². The molecule has 0 spiro atoms. The Morgan fingerprint density at radius 3 is 2.75 bits per heavy atom. The number of anilines is 2. The van der Waals surface area contributed by atoms with Gasteiger partial charge in [-0.15, -0.1) is 0 Å². The Morgan fingerprint density at radius 1 is 1.00 bits per heavy atom. The highest BCUT2D eigenvalue weighted by atomic mass is 15.0. The van der Waals surface area contributed by atoms with Gasteiger partial charge in [0.2, 0.25) is 0 Å². The van der Waals surface area contributed by atoms with Gasteiger partial charge in [0.25, 0.3) is 0 Å². The summed E-state index contributed by atoms with van der Waals surface area (Å²) < 4.78 is 0. The molecule has 0 aliphatic rings. The van der Waals surface area contributed by atoms with Gasteiger partial charge in [0.1, 0.15) is 11.6 Å². The van der Waals surface area contributed by atoms with Gasteiger partial charge in [-0.2, -0.15) is 0 Å². The number of benzene rings is 2. The van der Waals surface area contributed by atoms with Crippen LogP contribution < -0.4 is 11.1 Å². The van der Waals surface area contributed by atoms with Crippen molar-refractivity contribution in [2.45, 2.75) is 6.42 Å². The molecule has 0 aliphatic heterocycles. The fourth-order valence-corrected chi connectivity index (χ4v) is 2.19. The van der Waals surface area contributed by atoms with E-state index in [1.54, 1.807) is 6.20 Å². The molecule has 3 aromatic rings. The van der Waals surface area contributed by atoms with Gasteiger partial charge in [0.05, 0.1) is 0 Å². The largest absolute Gasteiger partial charge is 0.340 e. The molecule has 3 rings (SSSR count). The van der Waals surface area contributed by atoms with Crippen LogP contribution >= 0.6 is 0 Å². The number of nitrogens with one attached hydrogen (secondary N) is 1. The lowest BCUT2D eigenvalue weighted by atomic mass is 10.1. The minimum atomic E-state index is 0.553. The van der Waals surface area contributed by atoms with Gasteiger partial charge < -0.3 is 11.1 Å². The Bertz CT molecular complexity index is 719. The summed E-state index contributed by atoms with van der Waals surface area (Å²) in [6, 6.07) is 16.3. The van der Waals surface area contributed by atoms with Gasteiger partial charge in [0, 0.05) is 23.7 Å². The Hall–Kier alpha value is -2.46. The molecule has 100 valence electrons. The molecule has 0 unspecified atom stereocenters. The summed E-state index contributed by atoms with van der Waals surface area (Å²) in [5.41, 5.74) is 6.58. The lowest BCUT2D eigenvalue weighted by Gasteiger charge is -2.09. The number of aromatic nitrogens is 2. The van der Waals surface area contributed by atoms with E-state index in [4.69, 9.17) is 5.73 Å². The van der Waals surface area contributed by atoms with Gasteiger partial charge >= 0.3 is 0 Å². The average molecular weight is 264 g/mol. The molecule has 0 amide bonds.